The van der Waals surface area contributed by atoms with Gasteiger partial charge in [-0.15, -0.1) is 0 Å². The SMILES string of the molecule is O=[N+]([O-])c1cccc(N/N=C/c2ccc(OC(F)F)cc2)c1. The summed E-state index contributed by atoms with van der Waals surface area (Å²) in [6.45, 7) is -2.87. The second-order valence-electron chi connectivity index (χ2n) is 4.12. The van der Waals surface area contributed by atoms with E-state index >= 15 is 0 Å². The maximum atomic E-state index is 12.0. The fourth-order valence-electron chi connectivity index (χ4n) is 1.61. The van der Waals surface area contributed by atoms with E-state index in [4.69, 9.17) is 0 Å². The van der Waals surface area contributed by atoms with Gasteiger partial charge in [-0.25, -0.2) is 0 Å². The van der Waals surface area contributed by atoms with Crippen LogP contribution < -0.4 is 10.2 Å². The first-order valence-corrected chi connectivity index (χ1v) is 6.13. The lowest BCUT2D eigenvalue weighted by Gasteiger charge is -2.03. The number of non-ortho nitro benzene ring substituents is 1. The number of halogens is 2. The second kappa shape index (κ2) is 7.11. The third-order valence-corrected chi connectivity index (χ3v) is 2.57. The van der Waals surface area contributed by atoms with Gasteiger partial charge >= 0.3 is 6.61 Å². The minimum atomic E-state index is -2.87. The number of alkyl halides is 2. The van der Waals surface area contributed by atoms with Crippen molar-refractivity contribution in [2.75, 3.05) is 5.43 Å². The molecule has 0 radical (unpaired) electrons. The topological polar surface area (TPSA) is 76.8 Å². The van der Waals surface area contributed by atoms with E-state index in [9.17, 15) is 18.9 Å². The maximum absolute atomic E-state index is 12.0. The van der Waals surface area contributed by atoms with Crippen LogP contribution in [0.25, 0.3) is 0 Å². The van der Waals surface area contributed by atoms with E-state index < -0.39 is 11.5 Å². The normalized spacial score (nSPS) is 10.9. The predicted octanol–water partition coefficient (Wildman–Crippen LogP) is 3.64. The van der Waals surface area contributed by atoms with Crippen LogP contribution in [0.1, 0.15) is 5.56 Å². The Morgan fingerprint density at radius 1 is 1.23 bits per heavy atom. The average Bonchev–Trinajstić information content (AvgIpc) is 2.49. The number of nitro groups is 1. The lowest BCUT2D eigenvalue weighted by Crippen LogP contribution is -2.01. The summed E-state index contributed by atoms with van der Waals surface area (Å²) in [6, 6.07) is 11.8. The second-order valence-corrected chi connectivity index (χ2v) is 4.12. The summed E-state index contributed by atoms with van der Waals surface area (Å²) in [6.07, 6.45) is 1.45. The highest BCUT2D eigenvalue weighted by atomic mass is 19.3. The van der Waals surface area contributed by atoms with E-state index in [1.807, 2.05) is 0 Å². The molecule has 114 valence electrons. The predicted molar refractivity (Wildman–Crippen MR) is 77.4 cm³/mol. The molecule has 0 fully saturated rings. The van der Waals surface area contributed by atoms with Crippen LogP contribution in [0.3, 0.4) is 0 Å². The number of rotatable bonds is 6. The molecule has 0 aliphatic rings. The van der Waals surface area contributed by atoms with E-state index in [0.29, 0.717) is 11.3 Å². The quantitative estimate of drug-likeness (QED) is 0.502. The van der Waals surface area contributed by atoms with Crippen LogP contribution in [0.5, 0.6) is 5.75 Å². The Morgan fingerprint density at radius 2 is 1.95 bits per heavy atom. The molecular weight excluding hydrogens is 296 g/mol. The van der Waals surface area contributed by atoms with E-state index in [2.05, 4.69) is 15.3 Å². The standard InChI is InChI=1S/C14H11F2N3O3/c15-14(16)22-13-6-4-10(5-7-13)9-17-18-11-2-1-3-12(8-11)19(20)21/h1-9,14,18H/b17-9+. The summed E-state index contributed by atoms with van der Waals surface area (Å²) in [5, 5.41) is 14.5. The minimum absolute atomic E-state index is 0.0475. The van der Waals surface area contributed by atoms with Crippen molar-refractivity contribution in [1.82, 2.24) is 0 Å². The summed E-state index contributed by atoms with van der Waals surface area (Å²) in [4.78, 5) is 10.1. The molecule has 0 aliphatic carbocycles. The van der Waals surface area contributed by atoms with Gasteiger partial charge in [0, 0.05) is 12.1 Å². The molecule has 6 nitrogen and oxygen atoms in total. The van der Waals surface area contributed by atoms with Gasteiger partial charge in [-0.1, -0.05) is 6.07 Å². The van der Waals surface area contributed by atoms with Crippen molar-refractivity contribution >= 4 is 17.6 Å². The summed E-state index contributed by atoms with van der Waals surface area (Å²) in [5.74, 6) is 0.0544. The van der Waals surface area contributed by atoms with Crippen molar-refractivity contribution in [2.24, 2.45) is 5.10 Å². The van der Waals surface area contributed by atoms with Gasteiger partial charge in [0.1, 0.15) is 5.75 Å². The smallest absolute Gasteiger partial charge is 0.387 e. The van der Waals surface area contributed by atoms with Crippen LogP contribution in [0.2, 0.25) is 0 Å². The van der Waals surface area contributed by atoms with Crippen LogP contribution in [-0.2, 0) is 0 Å². The highest BCUT2D eigenvalue weighted by Gasteiger charge is 2.05. The van der Waals surface area contributed by atoms with Crippen LogP contribution in [0.4, 0.5) is 20.2 Å². The number of ether oxygens (including phenoxy) is 1. The van der Waals surface area contributed by atoms with Crippen molar-refractivity contribution in [3.05, 3.63) is 64.2 Å². The van der Waals surface area contributed by atoms with Crippen molar-refractivity contribution < 1.29 is 18.4 Å². The number of nitrogens with zero attached hydrogens (tertiary/aromatic N) is 2. The molecule has 8 heteroatoms. The van der Waals surface area contributed by atoms with E-state index in [1.165, 1.54) is 36.5 Å². The van der Waals surface area contributed by atoms with Gasteiger partial charge in [-0.3, -0.25) is 15.5 Å². The molecular formula is C14H11F2N3O3. The molecule has 0 saturated heterocycles. The van der Waals surface area contributed by atoms with Crippen LogP contribution in [0, 0.1) is 10.1 Å². The Balaban J connectivity index is 1.97. The summed E-state index contributed by atoms with van der Waals surface area (Å²) in [5.41, 5.74) is 3.72. The molecule has 0 unspecified atom stereocenters. The number of hydrogen-bond donors (Lipinski definition) is 1. The zero-order valence-electron chi connectivity index (χ0n) is 11.1. The van der Waals surface area contributed by atoms with Crippen molar-refractivity contribution in [3.63, 3.8) is 0 Å². The van der Waals surface area contributed by atoms with Crippen LogP contribution in [0.15, 0.2) is 53.6 Å². The Kier molecular flexibility index (Phi) is 4.97. The highest BCUT2D eigenvalue weighted by Crippen LogP contribution is 2.17. The minimum Gasteiger partial charge on any atom is -0.435 e. The average molecular weight is 307 g/mol. The molecule has 1 N–H and O–H groups in total. The monoisotopic (exact) mass is 307 g/mol. The molecule has 0 bridgehead atoms. The molecule has 22 heavy (non-hydrogen) atoms. The number of benzene rings is 2. The first kappa shape index (κ1) is 15.4. The van der Waals surface area contributed by atoms with Gasteiger partial charge in [-0.2, -0.15) is 13.9 Å². The molecule has 2 aromatic carbocycles. The lowest BCUT2D eigenvalue weighted by molar-refractivity contribution is -0.384. The molecule has 0 aliphatic heterocycles. The summed E-state index contributed by atoms with van der Waals surface area (Å²) < 4.78 is 28.2. The van der Waals surface area contributed by atoms with E-state index in [0.717, 1.165) is 0 Å². The van der Waals surface area contributed by atoms with Gasteiger partial charge in [0.15, 0.2) is 0 Å². The molecule has 2 rings (SSSR count). The van der Waals surface area contributed by atoms with Gasteiger partial charge in [0.05, 0.1) is 16.8 Å². The number of hydrogen-bond acceptors (Lipinski definition) is 5. The van der Waals surface area contributed by atoms with E-state index in [1.54, 1.807) is 18.2 Å². The third kappa shape index (κ3) is 4.51. The van der Waals surface area contributed by atoms with E-state index in [-0.39, 0.29) is 11.4 Å². The number of anilines is 1. The molecule has 0 spiro atoms. The Morgan fingerprint density at radius 3 is 2.59 bits per heavy atom. The number of nitrogens with one attached hydrogen (secondary N) is 1. The first-order chi connectivity index (χ1) is 10.5. The highest BCUT2D eigenvalue weighted by molar-refractivity contribution is 5.80. The zero-order chi connectivity index (χ0) is 15.9. The maximum Gasteiger partial charge on any atom is 0.387 e. The third-order valence-electron chi connectivity index (χ3n) is 2.57. The molecule has 0 heterocycles. The first-order valence-electron chi connectivity index (χ1n) is 6.13. The lowest BCUT2D eigenvalue weighted by atomic mass is 10.2. The van der Waals surface area contributed by atoms with Crippen molar-refractivity contribution in [1.29, 1.82) is 0 Å². The molecule has 0 amide bonds. The molecule has 0 atom stereocenters. The summed E-state index contributed by atoms with van der Waals surface area (Å²) in [7, 11) is 0. The van der Waals surface area contributed by atoms with Crippen LogP contribution >= 0.6 is 0 Å². The zero-order valence-corrected chi connectivity index (χ0v) is 11.1. The fourth-order valence-corrected chi connectivity index (χ4v) is 1.61. The summed E-state index contributed by atoms with van der Waals surface area (Å²) >= 11 is 0. The molecule has 0 aromatic heterocycles. The molecule has 0 saturated carbocycles. The Labute approximate surface area is 124 Å². The number of hydrazone groups is 1. The van der Waals surface area contributed by atoms with Crippen LogP contribution in [-0.4, -0.2) is 17.7 Å². The van der Waals surface area contributed by atoms with Gasteiger partial charge in [-0.05, 0) is 35.9 Å². The Bertz CT molecular complexity index is 675. The van der Waals surface area contributed by atoms with Gasteiger partial charge in [0.25, 0.3) is 5.69 Å². The fraction of sp³-hybridized carbons (Fsp3) is 0.0714. The molecule has 2 aromatic rings. The van der Waals surface area contributed by atoms with Gasteiger partial charge < -0.3 is 4.74 Å². The van der Waals surface area contributed by atoms with Gasteiger partial charge in [0.2, 0.25) is 0 Å². The van der Waals surface area contributed by atoms with Crippen molar-refractivity contribution in [3.8, 4) is 5.75 Å². The Hall–Kier alpha value is -3.03. The number of nitro benzene ring substituents is 1. The largest absolute Gasteiger partial charge is 0.435 e. The van der Waals surface area contributed by atoms with Crippen molar-refractivity contribution in [2.45, 2.75) is 6.61 Å².